The van der Waals surface area contributed by atoms with E-state index in [9.17, 15) is 4.79 Å². The van der Waals surface area contributed by atoms with Gasteiger partial charge < -0.3 is 10.6 Å². The molecule has 1 amide bonds. The summed E-state index contributed by atoms with van der Waals surface area (Å²) in [5.41, 5.74) is 8.39. The number of nitrogens with two attached hydrogens (primary N) is 1. The van der Waals surface area contributed by atoms with Crippen molar-refractivity contribution in [2.24, 2.45) is 11.7 Å². The molecule has 7 heteroatoms. The standard InChI is InChI=1S/C20H21N5O.ClH/c21-11-16-13-24(14-18(16)15-7-3-1-4-8-15)20(26)19-12-22-25(23-19)17-9-5-2-6-10-17;/h1-10,12,16,18H,11,13-14,21H2;1H/t16-,18+;/m1./s1. The molecule has 1 fully saturated rings. The molecule has 140 valence electrons. The van der Waals surface area contributed by atoms with Crippen LogP contribution < -0.4 is 5.73 Å². The van der Waals surface area contributed by atoms with Crippen LogP contribution in [-0.2, 0) is 0 Å². The van der Waals surface area contributed by atoms with E-state index in [4.69, 9.17) is 5.73 Å². The molecule has 2 aromatic carbocycles. The van der Waals surface area contributed by atoms with Crippen molar-refractivity contribution < 1.29 is 4.79 Å². The first-order chi connectivity index (χ1) is 12.8. The lowest BCUT2D eigenvalue weighted by molar-refractivity contribution is 0.0780. The number of rotatable bonds is 4. The molecule has 1 aliphatic rings. The van der Waals surface area contributed by atoms with Crippen LogP contribution in [0.25, 0.3) is 5.69 Å². The number of aromatic nitrogens is 3. The van der Waals surface area contributed by atoms with Crippen molar-refractivity contribution in [3.8, 4) is 5.69 Å². The Morgan fingerprint density at radius 1 is 1.04 bits per heavy atom. The lowest BCUT2D eigenvalue weighted by atomic mass is 9.89. The molecule has 6 nitrogen and oxygen atoms in total. The van der Waals surface area contributed by atoms with Gasteiger partial charge in [0.2, 0.25) is 0 Å². The van der Waals surface area contributed by atoms with Crippen molar-refractivity contribution >= 4 is 18.3 Å². The van der Waals surface area contributed by atoms with Gasteiger partial charge in [-0.2, -0.15) is 9.90 Å². The first-order valence-electron chi connectivity index (χ1n) is 8.78. The summed E-state index contributed by atoms with van der Waals surface area (Å²) in [4.78, 5) is 16.2. The molecule has 0 unspecified atom stereocenters. The Morgan fingerprint density at radius 3 is 2.37 bits per heavy atom. The Balaban J connectivity index is 0.00000210. The van der Waals surface area contributed by atoms with E-state index in [0.29, 0.717) is 25.3 Å². The summed E-state index contributed by atoms with van der Waals surface area (Å²) < 4.78 is 0. The summed E-state index contributed by atoms with van der Waals surface area (Å²) >= 11 is 0. The smallest absolute Gasteiger partial charge is 0.276 e. The number of para-hydroxylation sites is 1. The molecular formula is C20H22ClN5O. The molecule has 0 spiro atoms. The van der Waals surface area contributed by atoms with Crippen molar-refractivity contribution in [3.05, 3.63) is 78.1 Å². The van der Waals surface area contributed by atoms with E-state index in [1.807, 2.05) is 53.4 Å². The summed E-state index contributed by atoms with van der Waals surface area (Å²) in [6.07, 6.45) is 1.53. The van der Waals surface area contributed by atoms with Crippen LogP contribution in [-0.4, -0.2) is 45.4 Å². The predicted molar refractivity (Wildman–Crippen MR) is 106 cm³/mol. The summed E-state index contributed by atoms with van der Waals surface area (Å²) in [7, 11) is 0. The average molecular weight is 384 g/mol. The number of benzene rings is 2. The third kappa shape index (κ3) is 3.86. The number of nitrogens with zero attached hydrogens (tertiary/aromatic N) is 4. The Hall–Kier alpha value is -2.70. The van der Waals surface area contributed by atoms with Gasteiger partial charge in [-0.05, 0) is 30.2 Å². The number of carbonyl (C=O) groups excluding carboxylic acids is 1. The largest absolute Gasteiger partial charge is 0.336 e. The molecule has 0 aliphatic carbocycles. The maximum Gasteiger partial charge on any atom is 0.276 e. The molecule has 1 saturated heterocycles. The van der Waals surface area contributed by atoms with E-state index >= 15 is 0 Å². The molecule has 2 N–H and O–H groups in total. The molecule has 0 bridgehead atoms. The van der Waals surface area contributed by atoms with Crippen LogP contribution in [0.2, 0.25) is 0 Å². The highest BCUT2D eigenvalue weighted by Gasteiger charge is 2.36. The van der Waals surface area contributed by atoms with Crippen LogP contribution in [0, 0.1) is 5.92 Å². The third-order valence-corrected chi connectivity index (χ3v) is 4.96. The Kier molecular flexibility index (Phi) is 5.88. The second kappa shape index (κ2) is 8.33. The molecule has 1 aliphatic heterocycles. The fourth-order valence-corrected chi connectivity index (χ4v) is 3.56. The van der Waals surface area contributed by atoms with Gasteiger partial charge in [-0.3, -0.25) is 4.79 Å². The summed E-state index contributed by atoms with van der Waals surface area (Å²) in [5, 5.41) is 8.59. The molecule has 2 heterocycles. The van der Waals surface area contributed by atoms with Gasteiger partial charge in [0, 0.05) is 19.0 Å². The van der Waals surface area contributed by atoms with Crippen LogP contribution in [0.1, 0.15) is 22.0 Å². The van der Waals surface area contributed by atoms with E-state index in [1.165, 1.54) is 16.6 Å². The lowest BCUT2D eigenvalue weighted by Crippen LogP contribution is -2.30. The summed E-state index contributed by atoms with van der Waals surface area (Å²) in [6, 6.07) is 19.8. The Morgan fingerprint density at radius 2 is 1.70 bits per heavy atom. The predicted octanol–water partition coefficient (Wildman–Crippen LogP) is 2.50. The zero-order valence-corrected chi connectivity index (χ0v) is 15.6. The van der Waals surface area contributed by atoms with Gasteiger partial charge in [-0.25, -0.2) is 0 Å². The number of carbonyl (C=O) groups is 1. The molecule has 0 radical (unpaired) electrons. The zero-order valence-electron chi connectivity index (χ0n) is 14.8. The molecule has 3 aromatic rings. The molecule has 0 saturated carbocycles. The number of likely N-dealkylation sites (tertiary alicyclic amines) is 1. The summed E-state index contributed by atoms with van der Waals surface area (Å²) in [5.74, 6) is 0.420. The molecule has 2 atom stereocenters. The first-order valence-corrected chi connectivity index (χ1v) is 8.78. The van der Waals surface area contributed by atoms with E-state index in [-0.39, 0.29) is 30.2 Å². The minimum Gasteiger partial charge on any atom is -0.336 e. The highest BCUT2D eigenvalue weighted by molar-refractivity contribution is 5.92. The quantitative estimate of drug-likeness (QED) is 0.750. The monoisotopic (exact) mass is 383 g/mol. The van der Waals surface area contributed by atoms with Crippen LogP contribution >= 0.6 is 12.4 Å². The topological polar surface area (TPSA) is 77.0 Å². The highest BCUT2D eigenvalue weighted by Crippen LogP contribution is 2.32. The van der Waals surface area contributed by atoms with Gasteiger partial charge in [0.1, 0.15) is 0 Å². The second-order valence-electron chi connectivity index (χ2n) is 6.58. The van der Waals surface area contributed by atoms with Crippen molar-refractivity contribution in [1.29, 1.82) is 0 Å². The Labute approximate surface area is 164 Å². The second-order valence-corrected chi connectivity index (χ2v) is 6.58. The number of hydrogen-bond acceptors (Lipinski definition) is 4. The van der Waals surface area contributed by atoms with Gasteiger partial charge in [-0.15, -0.1) is 17.5 Å². The number of hydrogen-bond donors (Lipinski definition) is 1. The molecule has 27 heavy (non-hydrogen) atoms. The Bertz CT molecular complexity index is 884. The van der Waals surface area contributed by atoms with E-state index < -0.39 is 0 Å². The van der Waals surface area contributed by atoms with Gasteiger partial charge in [0.25, 0.3) is 5.91 Å². The van der Waals surface area contributed by atoms with Crippen LogP contribution in [0.3, 0.4) is 0 Å². The van der Waals surface area contributed by atoms with Crippen LogP contribution in [0.4, 0.5) is 0 Å². The highest BCUT2D eigenvalue weighted by atomic mass is 35.5. The molecule has 1 aromatic heterocycles. The van der Waals surface area contributed by atoms with Crippen molar-refractivity contribution in [3.63, 3.8) is 0 Å². The van der Waals surface area contributed by atoms with Gasteiger partial charge >= 0.3 is 0 Å². The normalized spacial score (nSPS) is 18.9. The maximum absolute atomic E-state index is 12.9. The maximum atomic E-state index is 12.9. The SMILES string of the molecule is Cl.NC[C@@H]1CN(C(=O)c2cnn(-c3ccccc3)n2)C[C@H]1c1ccccc1. The van der Waals surface area contributed by atoms with Crippen LogP contribution in [0.5, 0.6) is 0 Å². The number of amides is 1. The number of halogens is 1. The van der Waals surface area contributed by atoms with Crippen LogP contribution in [0.15, 0.2) is 66.9 Å². The van der Waals surface area contributed by atoms with E-state index in [2.05, 4.69) is 22.3 Å². The van der Waals surface area contributed by atoms with Gasteiger partial charge in [-0.1, -0.05) is 48.5 Å². The van der Waals surface area contributed by atoms with Crippen molar-refractivity contribution in [2.45, 2.75) is 5.92 Å². The lowest BCUT2D eigenvalue weighted by Gasteiger charge is -2.16. The van der Waals surface area contributed by atoms with Gasteiger partial charge in [0.15, 0.2) is 5.69 Å². The molecular weight excluding hydrogens is 362 g/mol. The fourth-order valence-electron chi connectivity index (χ4n) is 3.56. The fraction of sp³-hybridized carbons (Fsp3) is 0.250. The van der Waals surface area contributed by atoms with E-state index in [1.54, 1.807) is 0 Å². The average Bonchev–Trinajstić information content (AvgIpc) is 3.36. The molecule has 4 rings (SSSR count). The van der Waals surface area contributed by atoms with Crippen molar-refractivity contribution in [1.82, 2.24) is 19.9 Å². The minimum absolute atomic E-state index is 0. The van der Waals surface area contributed by atoms with Gasteiger partial charge in [0.05, 0.1) is 11.9 Å². The third-order valence-electron chi connectivity index (χ3n) is 4.96. The summed E-state index contributed by atoms with van der Waals surface area (Å²) in [6.45, 7) is 1.86. The van der Waals surface area contributed by atoms with E-state index in [0.717, 1.165) is 5.69 Å². The zero-order chi connectivity index (χ0) is 17.9. The minimum atomic E-state index is -0.0935. The first kappa shape index (κ1) is 19.1. The van der Waals surface area contributed by atoms with Crippen molar-refractivity contribution in [2.75, 3.05) is 19.6 Å².